The molecule has 0 bridgehead atoms. The van der Waals surface area contributed by atoms with Gasteiger partial charge < -0.3 is 28.5 Å². The number of nitrogens with one attached hydrogen (secondary N) is 1. The molecule has 0 spiro atoms. The Morgan fingerprint density at radius 3 is 1.09 bits per heavy atom. The van der Waals surface area contributed by atoms with Gasteiger partial charge in [-0.25, -0.2) is 0 Å². The van der Waals surface area contributed by atoms with Crippen LogP contribution in [-0.2, 0) is 27.9 Å². The third-order valence-corrected chi connectivity index (χ3v) is 16.2. The maximum atomic E-state index is 13.5. The molecule has 0 aromatic carbocycles. The van der Waals surface area contributed by atoms with E-state index in [1.807, 2.05) is 33.3 Å². The average molecular weight is 1080 g/mol. The number of amides is 1. The molecule has 9 nitrogen and oxygen atoms in total. The fourth-order valence-electron chi connectivity index (χ4n) is 10.1. The monoisotopic (exact) mass is 1080 g/mol. The van der Waals surface area contributed by atoms with Crippen LogP contribution in [0.15, 0.2) is 12.2 Å². The number of esters is 1. The predicted molar refractivity (Wildman–Crippen MR) is 321 cm³/mol. The van der Waals surface area contributed by atoms with E-state index in [1.165, 1.54) is 250 Å². The highest BCUT2D eigenvalue weighted by Gasteiger charge is 2.27. The Morgan fingerprint density at radius 2 is 0.760 bits per heavy atom. The number of quaternary nitrogens is 1. The average Bonchev–Trinajstić information content (AvgIpc) is 3.37. The minimum absolute atomic E-state index is 0.0167. The second kappa shape index (κ2) is 56.0. The van der Waals surface area contributed by atoms with E-state index < -0.39 is 20.0 Å². The zero-order valence-electron chi connectivity index (χ0n) is 51.0. The molecule has 3 unspecified atom stereocenters. The molecule has 0 aromatic heterocycles. The van der Waals surface area contributed by atoms with Crippen LogP contribution in [-0.4, -0.2) is 69.4 Å². The predicted octanol–water partition coefficient (Wildman–Crippen LogP) is 19.7. The first kappa shape index (κ1) is 73.8. The number of carbonyl (C=O) groups excluding carboxylic acids is 2. The van der Waals surface area contributed by atoms with E-state index in [0.29, 0.717) is 17.4 Å². The van der Waals surface area contributed by atoms with Gasteiger partial charge in [-0.3, -0.25) is 14.2 Å². The first-order valence-electron chi connectivity index (χ1n) is 33.0. The van der Waals surface area contributed by atoms with Crippen LogP contribution in [0.3, 0.4) is 0 Å². The van der Waals surface area contributed by atoms with Gasteiger partial charge in [0.2, 0.25) is 5.91 Å². The standard InChI is InChI=1S/C65H129N2O7P/c1-7-10-13-16-19-22-25-27-29-31-33-35-37-39-42-45-48-51-54-57-64(68)66-62(61-73-75(70,71)72-60-59-67(4,5)6)63(56-53-50-47-44-41-24-21-18-15-12-9-3)74-65(69)58-55-52-49-46-43-40-38-36-34-32-30-28-26-23-20-17-14-11-8-2/h53,56,62-63H,7-52,54-55,57-61H2,1-6H3,(H-,66,68,70,71)/b56-53+. The van der Waals surface area contributed by atoms with Crippen LogP contribution in [0.25, 0.3) is 0 Å². The lowest BCUT2D eigenvalue weighted by atomic mass is 10.0. The lowest BCUT2D eigenvalue weighted by Crippen LogP contribution is -2.47. The van der Waals surface area contributed by atoms with E-state index in [2.05, 4.69) is 26.1 Å². The number of nitrogens with zero attached hydrogens (tertiary/aromatic N) is 1. The highest BCUT2D eigenvalue weighted by atomic mass is 31.2. The second-order valence-corrected chi connectivity index (χ2v) is 25.4. The first-order chi connectivity index (χ1) is 36.4. The fraction of sp³-hybridized carbons (Fsp3) is 0.938. The fourth-order valence-corrected chi connectivity index (χ4v) is 10.8. The third-order valence-electron chi connectivity index (χ3n) is 15.2. The molecule has 0 saturated carbocycles. The van der Waals surface area contributed by atoms with Crippen LogP contribution in [0.2, 0.25) is 0 Å². The summed E-state index contributed by atoms with van der Waals surface area (Å²) in [5.41, 5.74) is 0. The molecule has 0 radical (unpaired) electrons. The van der Waals surface area contributed by atoms with Crippen molar-refractivity contribution in [1.29, 1.82) is 0 Å². The van der Waals surface area contributed by atoms with Gasteiger partial charge in [-0.2, -0.15) is 0 Å². The van der Waals surface area contributed by atoms with E-state index in [0.717, 1.165) is 57.8 Å². The Kier molecular flexibility index (Phi) is 55.1. The topological polar surface area (TPSA) is 114 Å². The molecular formula is C65H129N2O7P. The van der Waals surface area contributed by atoms with Crippen molar-refractivity contribution in [3.05, 3.63) is 12.2 Å². The lowest BCUT2D eigenvalue weighted by molar-refractivity contribution is -0.870. The molecule has 1 amide bonds. The van der Waals surface area contributed by atoms with Gasteiger partial charge in [-0.15, -0.1) is 0 Å². The summed E-state index contributed by atoms with van der Waals surface area (Å²) in [6.45, 7) is 6.90. The number of ether oxygens (including phenoxy) is 1. The van der Waals surface area contributed by atoms with Gasteiger partial charge >= 0.3 is 5.97 Å². The van der Waals surface area contributed by atoms with Crippen LogP contribution < -0.4 is 10.2 Å². The smallest absolute Gasteiger partial charge is 0.306 e. The van der Waals surface area contributed by atoms with Crippen molar-refractivity contribution in [1.82, 2.24) is 5.32 Å². The number of rotatable bonds is 61. The normalized spacial score (nSPS) is 13.6. The number of likely N-dealkylation sites (N-methyl/N-ethyl adjacent to an activating group) is 1. The Bertz CT molecular complexity index is 1290. The Morgan fingerprint density at radius 1 is 0.453 bits per heavy atom. The van der Waals surface area contributed by atoms with Gasteiger partial charge in [-0.1, -0.05) is 309 Å². The van der Waals surface area contributed by atoms with Crippen molar-refractivity contribution in [3.63, 3.8) is 0 Å². The number of phosphoric acid groups is 1. The van der Waals surface area contributed by atoms with Crippen molar-refractivity contribution in [2.75, 3.05) is 40.9 Å². The summed E-state index contributed by atoms with van der Waals surface area (Å²) in [6, 6.07) is -0.879. The highest BCUT2D eigenvalue weighted by molar-refractivity contribution is 7.45. The SMILES string of the molecule is CCCCCCCCCCC/C=C/C(OC(=O)CCCCCCCCCCCCCCCCCCCCC)C(COP(=O)([O-])OCC[N+](C)(C)C)NC(=O)CCCCCCCCCCCCCCCCCCCCC. The van der Waals surface area contributed by atoms with Crippen molar-refractivity contribution in [3.8, 4) is 0 Å². The summed E-state index contributed by atoms with van der Waals surface area (Å²) in [5.74, 6) is -0.517. The zero-order chi connectivity index (χ0) is 55.0. The number of unbranched alkanes of at least 4 members (excludes halogenated alkanes) is 45. The summed E-state index contributed by atoms with van der Waals surface area (Å²) in [4.78, 5) is 40.0. The van der Waals surface area contributed by atoms with E-state index in [9.17, 15) is 19.0 Å². The Hall–Kier alpha value is -1.25. The number of phosphoric ester groups is 1. The molecule has 0 saturated heterocycles. The minimum atomic E-state index is -4.69. The van der Waals surface area contributed by atoms with E-state index in [1.54, 1.807) is 0 Å². The minimum Gasteiger partial charge on any atom is -0.756 e. The molecule has 0 fully saturated rings. The summed E-state index contributed by atoms with van der Waals surface area (Å²) in [6.07, 6.45) is 64.7. The van der Waals surface area contributed by atoms with E-state index in [4.69, 9.17) is 13.8 Å². The number of carbonyl (C=O) groups is 2. The number of hydrogen-bond acceptors (Lipinski definition) is 7. The molecule has 0 aliphatic carbocycles. The quantitative estimate of drug-likeness (QED) is 0.0212. The van der Waals surface area contributed by atoms with E-state index in [-0.39, 0.29) is 31.5 Å². The van der Waals surface area contributed by atoms with Crippen molar-refractivity contribution in [2.24, 2.45) is 0 Å². The summed E-state index contributed by atoms with van der Waals surface area (Å²) in [7, 11) is 1.21. The number of hydrogen-bond donors (Lipinski definition) is 1. The molecule has 0 aromatic rings. The van der Waals surface area contributed by atoms with Gasteiger partial charge in [0, 0.05) is 12.8 Å². The Labute approximate surface area is 467 Å². The molecule has 10 heteroatoms. The first-order valence-corrected chi connectivity index (χ1v) is 34.5. The molecule has 0 aliphatic rings. The largest absolute Gasteiger partial charge is 0.756 e. The lowest BCUT2D eigenvalue weighted by Gasteiger charge is -2.30. The molecule has 446 valence electrons. The maximum absolute atomic E-state index is 13.5. The van der Waals surface area contributed by atoms with Gasteiger partial charge in [0.1, 0.15) is 19.3 Å². The van der Waals surface area contributed by atoms with Crippen LogP contribution >= 0.6 is 7.82 Å². The number of allylic oxidation sites excluding steroid dienone is 1. The van der Waals surface area contributed by atoms with Gasteiger partial charge in [0.15, 0.2) is 0 Å². The Balaban J connectivity index is 5.10. The van der Waals surface area contributed by atoms with E-state index >= 15 is 0 Å². The maximum Gasteiger partial charge on any atom is 0.306 e. The molecule has 0 heterocycles. The molecule has 3 atom stereocenters. The highest BCUT2D eigenvalue weighted by Crippen LogP contribution is 2.38. The van der Waals surface area contributed by atoms with Gasteiger partial charge in [-0.05, 0) is 31.8 Å². The molecular weight excluding hydrogens is 952 g/mol. The summed E-state index contributed by atoms with van der Waals surface area (Å²) < 4.78 is 30.4. The van der Waals surface area contributed by atoms with Crippen LogP contribution in [0.5, 0.6) is 0 Å². The zero-order valence-corrected chi connectivity index (χ0v) is 51.9. The molecule has 75 heavy (non-hydrogen) atoms. The van der Waals surface area contributed by atoms with Gasteiger partial charge in [0.25, 0.3) is 7.82 Å². The van der Waals surface area contributed by atoms with Crippen molar-refractivity contribution >= 4 is 19.7 Å². The third kappa shape index (κ3) is 57.3. The van der Waals surface area contributed by atoms with Crippen LogP contribution in [0.4, 0.5) is 0 Å². The molecule has 0 aliphatic heterocycles. The summed E-state index contributed by atoms with van der Waals surface area (Å²) >= 11 is 0. The molecule has 1 N–H and O–H groups in total. The summed E-state index contributed by atoms with van der Waals surface area (Å²) in [5, 5.41) is 3.04. The van der Waals surface area contributed by atoms with Crippen molar-refractivity contribution in [2.45, 2.75) is 354 Å². The van der Waals surface area contributed by atoms with Crippen LogP contribution in [0, 0.1) is 0 Å². The molecule has 0 rings (SSSR count). The second-order valence-electron chi connectivity index (χ2n) is 24.0. The van der Waals surface area contributed by atoms with Gasteiger partial charge in [0.05, 0.1) is 33.8 Å². The van der Waals surface area contributed by atoms with Crippen LogP contribution in [0.1, 0.15) is 342 Å². The van der Waals surface area contributed by atoms with Crippen molar-refractivity contribution < 1.29 is 37.3 Å².